The van der Waals surface area contributed by atoms with Crippen molar-refractivity contribution < 1.29 is 4.74 Å². The maximum Gasteiger partial charge on any atom is 0.180 e. The molecule has 0 atom stereocenters. The van der Waals surface area contributed by atoms with E-state index in [0.29, 0.717) is 5.13 Å². The van der Waals surface area contributed by atoms with E-state index >= 15 is 0 Å². The summed E-state index contributed by atoms with van der Waals surface area (Å²) in [5, 5.41) is 0.620. The lowest BCUT2D eigenvalue weighted by Gasteiger charge is -2.26. The summed E-state index contributed by atoms with van der Waals surface area (Å²) in [4.78, 5) is 8.02. The highest BCUT2D eigenvalue weighted by Gasteiger charge is 2.10. The van der Waals surface area contributed by atoms with Gasteiger partial charge in [-0.2, -0.15) is 0 Å². The molecule has 1 aromatic carbocycles. The third-order valence-corrected chi connectivity index (χ3v) is 4.87. The molecule has 1 aliphatic rings. The molecule has 0 bridgehead atoms. The number of thiazole rings is 1. The third kappa shape index (κ3) is 3.78. The van der Waals surface area contributed by atoms with Crippen LogP contribution in [0, 0.1) is 6.92 Å². The van der Waals surface area contributed by atoms with Gasteiger partial charge < -0.3 is 10.5 Å². The Hall–Kier alpha value is -1.59. The second-order valence-corrected chi connectivity index (χ2v) is 6.97. The van der Waals surface area contributed by atoms with Crippen LogP contribution < -0.4 is 10.5 Å². The van der Waals surface area contributed by atoms with Crippen molar-refractivity contribution >= 4 is 16.5 Å². The number of aromatic nitrogens is 1. The lowest BCUT2D eigenvalue weighted by Crippen LogP contribution is -2.33. The number of aryl methyl sites for hydroxylation is 1. The number of anilines is 1. The van der Waals surface area contributed by atoms with Crippen molar-refractivity contribution in [3.63, 3.8) is 0 Å². The molecule has 0 amide bonds. The maximum absolute atomic E-state index is 5.85. The number of piperidine rings is 1. The van der Waals surface area contributed by atoms with Crippen molar-refractivity contribution in [1.82, 2.24) is 9.88 Å². The van der Waals surface area contributed by atoms with Crippen molar-refractivity contribution in [2.24, 2.45) is 0 Å². The zero-order valence-electron chi connectivity index (χ0n) is 13.0. The van der Waals surface area contributed by atoms with E-state index in [1.54, 1.807) is 0 Å². The molecule has 1 saturated heterocycles. The van der Waals surface area contributed by atoms with Gasteiger partial charge in [-0.3, -0.25) is 4.90 Å². The molecule has 0 spiro atoms. The summed E-state index contributed by atoms with van der Waals surface area (Å²) < 4.78 is 5.85. The molecule has 1 aliphatic heterocycles. The molecule has 4 nitrogen and oxygen atoms in total. The first-order chi connectivity index (χ1) is 10.7. The van der Waals surface area contributed by atoms with Gasteiger partial charge in [-0.15, -0.1) is 11.3 Å². The minimum atomic E-state index is 0.620. The predicted octanol–water partition coefficient (Wildman–Crippen LogP) is 3.57. The molecule has 0 radical (unpaired) electrons. The van der Waals surface area contributed by atoms with E-state index in [1.165, 1.54) is 43.7 Å². The van der Waals surface area contributed by atoms with Gasteiger partial charge in [-0.25, -0.2) is 4.98 Å². The largest absolute Gasteiger partial charge is 0.492 e. The fourth-order valence-electron chi connectivity index (χ4n) is 2.87. The Kier molecular flexibility index (Phi) is 4.95. The Labute approximate surface area is 135 Å². The summed E-state index contributed by atoms with van der Waals surface area (Å²) in [6.07, 6.45) is 4.02. The minimum absolute atomic E-state index is 0.620. The summed E-state index contributed by atoms with van der Waals surface area (Å²) in [5.74, 6) is 0.918. The molecular weight excluding hydrogens is 294 g/mol. The number of hydrogen-bond donors (Lipinski definition) is 1. The van der Waals surface area contributed by atoms with Gasteiger partial charge in [-0.1, -0.05) is 6.42 Å². The molecule has 118 valence electrons. The number of nitrogens with zero attached hydrogens (tertiary/aromatic N) is 2. The van der Waals surface area contributed by atoms with Crippen molar-refractivity contribution in [3.8, 4) is 17.0 Å². The molecule has 0 unspecified atom stereocenters. The van der Waals surface area contributed by atoms with Crippen LogP contribution in [0.15, 0.2) is 24.3 Å². The molecule has 0 aliphatic carbocycles. The average molecular weight is 317 g/mol. The highest BCUT2D eigenvalue weighted by molar-refractivity contribution is 7.15. The topological polar surface area (TPSA) is 51.4 Å². The lowest BCUT2D eigenvalue weighted by molar-refractivity contribution is 0.183. The van der Waals surface area contributed by atoms with E-state index in [9.17, 15) is 0 Å². The molecule has 2 N–H and O–H groups in total. The maximum atomic E-state index is 5.85. The number of nitrogen functional groups attached to an aromatic ring is 1. The monoisotopic (exact) mass is 317 g/mol. The Morgan fingerprint density at radius 3 is 2.55 bits per heavy atom. The standard InChI is InChI=1S/C17H23N3OS/c1-13-16(19-17(18)22-13)14-5-7-15(8-6-14)21-12-11-20-9-3-2-4-10-20/h5-8H,2-4,9-12H2,1H3,(H2,18,19). The van der Waals surface area contributed by atoms with E-state index in [4.69, 9.17) is 10.5 Å². The Morgan fingerprint density at radius 1 is 1.18 bits per heavy atom. The smallest absolute Gasteiger partial charge is 0.180 e. The summed E-state index contributed by atoms with van der Waals surface area (Å²) >= 11 is 1.53. The van der Waals surface area contributed by atoms with Crippen LogP contribution in [0.2, 0.25) is 0 Å². The quantitative estimate of drug-likeness (QED) is 0.916. The minimum Gasteiger partial charge on any atom is -0.492 e. The molecular formula is C17H23N3OS. The van der Waals surface area contributed by atoms with Crippen LogP contribution in [0.5, 0.6) is 5.75 Å². The molecule has 0 saturated carbocycles. The van der Waals surface area contributed by atoms with Crippen LogP contribution in [-0.2, 0) is 0 Å². The van der Waals surface area contributed by atoms with Gasteiger partial charge in [0.2, 0.25) is 0 Å². The van der Waals surface area contributed by atoms with Crippen LogP contribution in [0.4, 0.5) is 5.13 Å². The third-order valence-electron chi connectivity index (χ3n) is 4.07. The Morgan fingerprint density at radius 2 is 1.91 bits per heavy atom. The van der Waals surface area contributed by atoms with Crippen LogP contribution >= 0.6 is 11.3 Å². The van der Waals surface area contributed by atoms with Gasteiger partial charge in [0.15, 0.2) is 5.13 Å². The number of ether oxygens (including phenoxy) is 1. The molecule has 2 heterocycles. The van der Waals surface area contributed by atoms with Crippen LogP contribution in [0.25, 0.3) is 11.3 Å². The van der Waals surface area contributed by atoms with Gasteiger partial charge in [0.05, 0.1) is 5.69 Å². The predicted molar refractivity (Wildman–Crippen MR) is 92.5 cm³/mol. The number of benzene rings is 1. The van der Waals surface area contributed by atoms with Crippen molar-refractivity contribution in [2.75, 3.05) is 32.0 Å². The normalized spacial score (nSPS) is 15.9. The fraction of sp³-hybridized carbons (Fsp3) is 0.471. The summed E-state index contributed by atoms with van der Waals surface area (Å²) in [5.41, 5.74) is 7.83. The second-order valence-electron chi connectivity index (χ2n) is 5.73. The van der Waals surface area contributed by atoms with Gasteiger partial charge in [-0.05, 0) is 57.1 Å². The highest BCUT2D eigenvalue weighted by Crippen LogP contribution is 2.29. The van der Waals surface area contributed by atoms with E-state index in [0.717, 1.165) is 35.0 Å². The van der Waals surface area contributed by atoms with E-state index in [-0.39, 0.29) is 0 Å². The first kappa shape index (κ1) is 15.3. The molecule has 1 fully saturated rings. The van der Waals surface area contributed by atoms with Gasteiger partial charge in [0, 0.05) is 17.0 Å². The van der Waals surface area contributed by atoms with Crippen molar-refractivity contribution in [2.45, 2.75) is 26.2 Å². The van der Waals surface area contributed by atoms with Crippen LogP contribution in [0.1, 0.15) is 24.1 Å². The van der Waals surface area contributed by atoms with Gasteiger partial charge >= 0.3 is 0 Å². The highest BCUT2D eigenvalue weighted by atomic mass is 32.1. The van der Waals surface area contributed by atoms with Crippen LogP contribution in [0.3, 0.4) is 0 Å². The molecule has 2 aromatic rings. The second kappa shape index (κ2) is 7.11. The SMILES string of the molecule is Cc1sc(N)nc1-c1ccc(OCCN2CCCCC2)cc1. The first-order valence-electron chi connectivity index (χ1n) is 7.91. The van der Waals surface area contributed by atoms with E-state index in [2.05, 4.69) is 22.0 Å². The molecule has 22 heavy (non-hydrogen) atoms. The average Bonchev–Trinajstić information content (AvgIpc) is 2.88. The van der Waals surface area contributed by atoms with Crippen molar-refractivity contribution in [3.05, 3.63) is 29.1 Å². The molecule has 5 heteroatoms. The van der Waals surface area contributed by atoms with Crippen LogP contribution in [-0.4, -0.2) is 36.1 Å². The molecule has 1 aromatic heterocycles. The van der Waals surface area contributed by atoms with Crippen molar-refractivity contribution in [1.29, 1.82) is 0 Å². The molecule has 3 rings (SSSR count). The number of nitrogens with two attached hydrogens (primary N) is 1. The summed E-state index contributed by atoms with van der Waals surface area (Å²) in [6, 6.07) is 8.14. The number of rotatable bonds is 5. The lowest BCUT2D eigenvalue weighted by atomic mass is 10.1. The van der Waals surface area contributed by atoms with Gasteiger partial charge in [0.25, 0.3) is 0 Å². The van der Waals surface area contributed by atoms with E-state index < -0.39 is 0 Å². The zero-order valence-corrected chi connectivity index (χ0v) is 13.9. The summed E-state index contributed by atoms with van der Waals surface area (Å²) in [6.45, 7) is 6.25. The van der Waals surface area contributed by atoms with E-state index in [1.807, 2.05) is 19.1 Å². The first-order valence-corrected chi connectivity index (χ1v) is 8.72. The summed E-state index contributed by atoms with van der Waals surface area (Å²) in [7, 11) is 0. The fourth-order valence-corrected chi connectivity index (χ4v) is 3.58. The number of hydrogen-bond acceptors (Lipinski definition) is 5. The number of likely N-dealkylation sites (tertiary alicyclic amines) is 1. The zero-order chi connectivity index (χ0) is 15.4. The Balaban J connectivity index is 1.54. The van der Waals surface area contributed by atoms with Gasteiger partial charge in [0.1, 0.15) is 12.4 Å². The Bertz CT molecular complexity index is 603.